The van der Waals surface area contributed by atoms with Crippen LogP contribution in [0.4, 0.5) is 5.13 Å². The molecule has 0 aliphatic carbocycles. The van der Waals surface area contributed by atoms with Gasteiger partial charge in [-0.05, 0) is 11.1 Å². The molecule has 2 rings (SSSR count). The van der Waals surface area contributed by atoms with Gasteiger partial charge in [0.15, 0.2) is 0 Å². The number of hydrogen-bond acceptors (Lipinski definition) is 5. The van der Waals surface area contributed by atoms with Gasteiger partial charge in [-0.3, -0.25) is 0 Å². The van der Waals surface area contributed by atoms with Crippen LogP contribution >= 0.6 is 11.5 Å². The van der Waals surface area contributed by atoms with Gasteiger partial charge < -0.3 is 10.1 Å². The van der Waals surface area contributed by atoms with E-state index in [9.17, 15) is 0 Å². The highest BCUT2D eigenvalue weighted by Gasteiger charge is 2.19. The van der Waals surface area contributed by atoms with Crippen LogP contribution in [0, 0.1) is 0 Å². The maximum Gasteiger partial charge on any atom is 0.202 e. The Hall–Kier alpha value is -1.46. The van der Waals surface area contributed by atoms with E-state index in [0.717, 1.165) is 17.5 Å². The second-order valence-electron chi connectivity index (χ2n) is 5.73. The summed E-state index contributed by atoms with van der Waals surface area (Å²) in [6.07, 6.45) is 0. The van der Waals surface area contributed by atoms with Gasteiger partial charge in [0.05, 0.1) is 6.61 Å². The van der Waals surface area contributed by atoms with Gasteiger partial charge in [0.25, 0.3) is 0 Å². The fourth-order valence-corrected chi connectivity index (χ4v) is 2.55. The first-order chi connectivity index (χ1) is 9.50. The predicted octanol–water partition coefficient (Wildman–Crippen LogP) is 3.59. The first-order valence-electron chi connectivity index (χ1n) is 6.64. The second-order valence-corrected chi connectivity index (χ2v) is 6.48. The van der Waals surface area contributed by atoms with Crippen LogP contribution < -0.4 is 5.32 Å². The van der Waals surface area contributed by atoms with Gasteiger partial charge in [-0.15, -0.1) is 0 Å². The van der Waals surface area contributed by atoms with Crippen LogP contribution in [-0.4, -0.2) is 16.5 Å². The minimum absolute atomic E-state index is 0.00954. The van der Waals surface area contributed by atoms with Crippen molar-refractivity contribution in [3.05, 3.63) is 41.2 Å². The first kappa shape index (κ1) is 14.9. The highest BCUT2D eigenvalue weighted by Crippen LogP contribution is 2.23. The number of ether oxygens (including phenoxy) is 1. The molecule has 1 aromatic heterocycles. The monoisotopic (exact) mass is 291 g/mol. The maximum absolute atomic E-state index is 5.22. The molecule has 1 N–H and O–H groups in total. The Balaban J connectivity index is 2.04. The molecule has 4 nitrogen and oxygen atoms in total. The minimum atomic E-state index is -0.00954. The van der Waals surface area contributed by atoms with Crippen molar-refractivity contribution in [2.24, 2.45) is 0 Å². The lowest BCUT2D eigenvalue weighted by molar-refractivity contribution is 0.184. The molecule has 5 heteroatoms. The molecule has 0 spiro atoms. The zero-order valence-electron chi connectivity index (χ0n) is 12.4. The molecule has 0 aliphatic rings. The SMILES string of the molecule is COCc1ccccc1CNc1nc(C(C)(C)C)ns1. The minimum Gasteiger partial charge on any atom is -0.380 e. The van der Waals surface area contributed by atoms with Crippen molar-refractivity contribution in [2.45, 2.75) is 39.3 Å². The standard InChI is InChI=1S/C15H21N3OS/c1-15(2,3)13-17-14(20-18-13)16-9-11-7-5-6-8-12(11)10-19-4/h5-8H,9-10H2,1-4H3,(H,16,17,18). The molecular weight excluding hydrogens is 270 g/mol. The number of benzene rings is 1. The van der Waals surface area contributed by atoms with Crippen molar-refractivity contribution in [1.82, 2.24) is 9.36 Å². The summed E-state index contributed by atoms with van der Waals surface area (Å²) in [6.45, 7) is 7.71. The smallest absolute Gasteiger partial charge is 0.202 e. The Morgan fingerprint density at radius 2 is 1.90 bits per heavy atom. The Kier molecular flexibility index (Phi) is 4.73. The molecule has 0 atom stereocenters. The summed E-state index contributed by atoms with van der Waals surface area (Å²) in [5, 5.41) is 4.20. The number of nitrogens with one attached hydrogen (secondary N) is 1. The third-order valence-corrected chi connectivity index (χ3v) is 3.62. The van der Waals surface area contributed by atoms with Crippen LogP contribution in [0.5, 0.6) is 0 Å². The van der Waals surface area contributed by atoms with Gasteiger partial charge in [0.1, 0.15) is 5.82 Å². The van der Waals surface area contributed by atoms with Crippen molar-refractivity contribution < 1.29 is 4.74 Å². The number of aromatic nitrogens is 2. The average Bonchev–Trinajstić information content (AvgIpc) is 2.87. The van der Waals surface area contributed by atoms with Crippen molar-refractivity contribution in [2.75, 3.05) is 12.4 Å². The molecule has 0 saturated heterocycles. The van der Waals surface area contributed by atoms with Crippen molar-refractivity contribution >= 4 is 16.7 Å². The fraction of sp³-hybridized carbons (Fsp3) is 0.467. The molecule has 0 aliphatic heterocycles. The van der Waals surface area contributed by atoms with Crippen LogP contribution in [0.2, 0.25) is 0 Å². The van der Waals surface area contributed by atoms with E-state index in [0.29, 0.717) is 6.61 Å². The zero-order chi connectivity index (χ0) is 14.6. The lowest BCUT2D eigenvalue weighted by Gasteiger charge is -2.12. The van der Waals surface area contributed by atoms with E-state index in [1.54, 1.807) is 7.11 Å². The number of methoxy groups -OCH3 is 1. The molecule has 1 aromatic carbocycles. The molecule has 0 saturated carbocycles. The van der Waals surface area contributed by atoms with Gasteiger partial charge >= 0.3 is 0 Å². The van der Waals surface area contributed by atoms with Crippen molar-refractivity contribution in [1.29, 1.82) is 0 Å². The molecule has 0 radical (unpaired) electrons. The summed E-state index contributed by atoms with van der Waals surface area (Å²) in [5.41, 5.74) is 2.41. The normalized spacial score (nSPS) is 11.6. The topological polar surface area (TPSA) is 47.0 Å². The largest absolute Gasteiger partial charge is 0.380 e. The van der Waals surface area contributed by atoms with E-state index in [1.807, 2.05) is 12.1 Å². The van der Waals surface area contributed by atoms with Gasteiger partial charge in [-0.2, -0.15) is 4.37 Å². The Morgan fingerprint density at radius 3 is 2.50 bits per heavy atom. The molecular formula is C15H21N3OS. The second kappa shape index (κ2) is 6.33. The van der Waals surface area contributed by atoms with E-state index in [2.05, 4.69) is 47.6 Å². The molecule has 0 unspecified atom stereocenters. The summed E-state index contributed by atoms with van der Waals surface area (Å²) < 4.78 is 9.62. The maximum atomic E-state index is 5.22. The van der Waals surface area contributed by atoms with E-state index in [1.165, 1.54) is 22.7 Å². The van der Waals surface area contributed by atoms with Crippen LogP contribution in [0.3, 0.4) is 0 Å². The first-order valence-corrected chi connectivity index (χ1v) is 7.42. The summed E-state index contributed by atoms with van der Waals surface area (Å²) in [5.74, 6) is 0.884. The van der Waals surface area contributed by atoms with E-state index < -0.39 is 0 Å². The third kappa shape index (κ3) is 3.77. The van der Waals surface area contributed by atoms with E-state index in [4.69, 9.17) is 4.74 Å². The van der Waals surface area contributed by atoms with Crippen LogP contribution in [-0.2, 0) is 23.3 Å². The van der Waals surface area contributed by atoms with Gasteiger partial charge in [-0.1, -0.05) is 45.0 Å². The van der Waals surface area contributed by atoms with E-state index >= 15 is 0 Å². The zero-order valence-corrected chi connectivity index (χ0v) is 13.3. The fourth-order valence-electron chi connectivity index (χ4n) is 1.80. The van der Waals surface area contributed by atoms with Crippen LogP contribution in [0.25, 0.3) is 0 Å². The Labute approximate surface area is 124 Å². The van der Waals surface area contributed by atoms with Gasteiger partial charge in [-0.25, -0.2) is 4.98 Å². The molecule has 20 heavy (non-hydrogen) atoms. The summed E-state index contributed by atoms with van der Waals surface area (Å²) in [6, 6.07) is 8.26. The van der Waals surface area contributed by atoms with Crippen LogP contribution in [0.15, 0.2) is 24.3 Å². The number of hydrogen-bond donors (Lipinski definition) is 1. The molecule has 2 aromatic rings. The van der Waals surface area contributed by atoms with Crippen LogP contribution in [0.1, 0.15) is 37.7 Å². The summed E-state index contributed by atoms with van der Waals surface area (Å²) >= 11 is 1.41. The third-order valence-electron chi connectivity index (χ3n) is 2.95. The quantitative estimate of drug-likeness (QED) is 0.914. The van der Waals surface area contributed by atoms with Crippen molar-refractivity contribution in [3.8, 4) is 0 Å². The van der Waals surface area contributed by atoms with E-state index in [-0.39, 0.29) is 5.41 Å². The highest BCUT2D eigenvalue weighted by atomic mass is 32.1. The van der Waals surface area contributed by atoms with Gasteiger partial charge in [0, 0.05) is 30.6 Å². The molecule has 0 amide bonds. The lowest BCUT2D eigenvalue weighted by atomic mass is 9.96. The Bertz CT molecular complexity index is 560. The Morgan fingerprint density at radius 1 is 1.20 bits per heavy atom. The average molecular weight is 291 g/mol. The number of nitrogens with zero attached hydrogens (tertiary/aromatic N) is 2. The number of rotatable bonds is 5. The summed E-state index contributed by atoms with van der Waals surface area (Å²) in [4.78, 5) is 4.54. The molecule has 108 valence electrons. The predicted molar refractivity (Wildman–Crippen MR) is 83.1 cm³/mol. The summed E-state index contributed by atoms with van der Waals surface area (Å²) in [7, 11) is 1.71. The van der Waals surface area contributed by atoms with Crippen molar-refractivity contribution in [3.63, 3.8) is 0 Å². The van der Waals surface area contributed by atoms with Gasteiger partial charge in [0.2, 0.25) is 5.13 Å². The molecule has 0 fully saturated rings. The molecule has 1 heterocycles. The molecule has 0 bridgehead atoms. The number of anilines is 1. The highest BCUT2D eigenvalue weighted by molar-refractivity contribution is 7.09. The lowest BCUT2D eigenvalue weighted by Crippen LogP contribution is -2.13.